The van der Waals surface area contributed by atoms with Crippen molar-refractivity contribution < 1.29 is 13.9 Å². The van der Waals surface area contributed by atoms with E-state index in [0.29, 0.717) is 21.8 Å². The van der Waals surface area contributed by atoms with Crippen molar-refractivity contribution in [2.75, 3.05) is 12.4 Å². The SMILES string of the molecule is COc1ccc2c(=O)cc(C(=O)Nc3ccc(Cl)cc3)oc2c1. The molecule has 1 N–H and O–H groups in total. The number of nitrogens with one attached hydrogen (secondary N) is 1. The molecule has 0 aliphatic carbocycles. The van der Waals surface area contributed by atoms with E-state index in [1.807, 2.05) is 0 Å². The van der Waals surface area contributed by atoms with Gasteiger partial charge in [0.25, 0.3) is 5.91 Å². The third-order valence-corrected chi connectivity index (χ3v) is 3.51. The minimum Gasteiger partial charge on any atom is -0.497 e. The number of fused-ring (bicyclic) bond motifs is 1. The highest BCUT2D eigenvalue weighted by molar-refractivity contribution is 6.30. The summed E-state index contributed by atoms with van der Waals surface area (Å²) >= 11 is 5.80. The maximum absolute atomic E-state index is 12.2. The van der Waals surface area contributed by atoms with Crippen LogP contribution in [-0.2, 0) is 0 Å². The van der Waals surface area contributed by atoms with Crippen molar-refractivity contribution in [3.8, 4) is 5.75 Å². The molecule has 0 spiro atoms. The summed E-state index contributed by atoms with van der Waals surface area (Å²) in [6.07, 6.45) is 0. The van der Waals surface area contributed by atoms with Gasteiger partial charge in [0.15, 0.2) is 11.2 Å². The van der Waals surface area contributed by atoms with E-state index in [4.69, 9.17) is 20.8 Å². The number of hydrogen-bond donors (Lipinski definition) is 1. The van der Waals surface area contributed by atoms with Crippen LogP contribution in [0.1, 0.15) is 10.6 Å². The molecule has 0 unspecified atom stereocenters. The standard InChI is InChI=1S/C17H12ClNO4/c1-22-12-6-7-13-14(20)9-16(23-15(13)8-12)17(21)19-11-4-2-10(18)3-5-11/h2-9H,1H3,(H,19,21). The lowest BCUT2D eigenvalue weighted by Gasteiger charge is -2.06. The molecule has 1 amide bonds. The molecule has 0 fully saturated rings. The van der Waals surface area contributed by atoms with Gasteiger partial charge in [-0.05, 0) is 36.4 Å². The largest absolute Gasteiger partial charge is 0.497 e. The van der Waals surface area contributed by atoms with Crippen molar-refractivity contribution in [3.63, 3.8) is 0 Å². The van der Waals surface area contributed by atoms with E-state index in [1.165, 1.54) is 13.2 Å². The van der Waals surface area contributed by atoms with Crippen LogP contribution in [0.25, 0.3) is 11.0 Å². The lowest BCUT2D eigenvalue weighted by molar-refractivity contribution is 0.0997. The molecule has 0 atom stereocenters. The lowest BCUT2D eigenvalue weighted by atomic mass is 10.2. The molecule has 1 heterocycles. The number of amides is 1. The minimum atomic E-state index is -0.519. The molecule has 116 valence electrons. The van der Waals surface area contributed by atoms with Gasteiger partial charge in [0.05, 0.1) is 12.5 Å². The van der Waals surface area contributed by atoms with Crippen molar-refractivity contribution in [2.45, 2.75) is 0 Å². The molecular formula is C17H12ClNO4. The number of methoxy groups -OCH3 is 1. The Balaban J connectivity index is 1.96. The Morgan fingerprint density at radius 1 is 1.13 bits per heavy atom. The van der Waals surface area contributed by atoms with Crippen LogP contribution < -0.4 is 15.5 Å². The Kier molecular flexibility index (Phi) is 4.04. The van der Waals surface area contributed by atoms with Crippen molar-refractivity contribution in [2.24, 2.45) is 0 Å². The Morgan fingerprint density at radius 2 is 1.87 bits per heavy atom. The lowest BCUT2D eigenvalue weighted by Crippen LogP contribution is -2.14. The second kappa shape index (κ2) is 6.14. The first-order valence-corrected chi connectivity index (χ1v) is 7.13. The van der Waals surface area contributed by atoms with Crippen molar-refractivity contribution in [1.29, 1.82) is 0 Å². The molecule has 23 heavy (non-hydrogen) atoms. The molecule has 6 heteroatoms. The molecule has 3 aromatic rings. The first kappa shape index (κ1) is 15.1. The first-order valence-electron chi connectivity index (χ1n) is 6.75. The fraction of sp³-hybridized carbons (Fsp3) is 0.0588. The van der Waals surface area contributed by atoms with Gasteiger partial charge in [-0.15, -0.1) is 0 Å². The van der Waals surface area contributed by atoms with Crippen LogP contribution in [0.2, 0.25) is 5.02 Å². The fourth-order valence-corrected chi connectivity index (χ4v) is 2.23. The average molecular weight is 330 g/mol. The number of ether oxygens (including phenoxy) is 1. The molecule has 0 aliphatic rings. The van der Waals surface area contributed by atoms with Crippen LogP contribution in [0.4, 0.5) is 5.69 Å². The summed E-state index contributed by atoms with van der Waals surface area (Å²) in [5.41, 5.74) is 0.543. The molecule has 0 saturated heterocycles. The Morgan fingerprint density at radius 3 is 2.57 bits per heavy atom. The van der Waals surface area contributed by atoms with Gasteiger partial charge in [0.1, 0.15) is 11.3 Å². The summed E-state index contributed by atoms with van der Waals surface area (Å²) in [5.74, 6) is -0.0595. The van der Waals surface area contributed by atoms with E-state index < -0.39 is 5.91 Å². The van der Waals surface area contributed by atoms with Crippen molar-refractivity contribution in [1.82, 2.24) is 0 Å². The van der Waals surface area contributed by atoms with Gasteiger partial charge in [0.2, 0.25) is 0 Å². The molecule has 0 aliphatic heterocycles. The van der Waals surface area contributed by atoms with E-state index in [2.05, 4.69) is 5.32 Å². The van der Waals surface area contributed by atoms with Gasteiger partial charge < -0.3 is 14.5 Å². The van der Waals surface area contributed by atoms with Crippen LogP contribution in [0.3, 0.4) is 0 Å². The Bertz CT molecular complexity index is 931. The van der Waals surface area contributed by atoms with Crippen molar-refractivity contribution >= 4 is 34.2 Å². The van der Waals surface area contributed by atoms with Gasteiger partial charge in [-0.25, -0.2) is 0 Å². The average Bonchev–Trinajstić information content (AvgIpc) is 2.56. The Labute approximate surface area is 136 Å². The van der Waals surface area contributed by atoms with Gasteiger partial charge in [-0.1, -0.05) is 11.6 Å². The normalized spacial score (nSPS) is 10.5. The minimum absolute atomic E-state index is 0.0781. The second-order valence-corrected chi connectivity index (χ2v) is 5.23. The molecule has 0 saturated carbocycles. The van der Waals surface area contributed by atoms with Gasteiger partial charge in [-0.2, -0.15) is 0 Å². The van der Waals surface area contributed by atoms with Crippen LogP contribution in [0.15, 0.2) is 57.7 Å². The molecule has 5 nitrogen and oxygen atoms in total. The maximum Gasteiger partial charge on any atom is 0.291 e. The van der Waals surface area contributed by atoms with E-state index in [9.17, 15) is 9.59 Å². The highest BCUT2D eigenvalue weighted by Gasteiger charge is 2.13. The summed E-state index contributed by atoms with van der Waals surface area (Å²) < 4.78 is 10.6. The molecule has 0 radical (unpaired) electrons. The molecular weight excluding hydrogens is 318 g/mol. The molecule has 1 aromatic heterocycles. The molecule has 0 bridgehead atoms. The summed E-state index contributed by atoms with van der Waals surface area (Å²) in [6, 6.07) is 12.6. The van der Waals surface area contributed by atoms with Gasteiger partial charge in [-0.3, -0.25) is 9.59 Å². The summed E-state index contributed by atoms with van der Waals surface area (Å²) in [5, 5.41) is 3.59. The predicted octanol–water partition coefficient (Wildman–Crippen LogP) is 3.71. The molecule has 3 rings (SSSR count). The first-order chi connectivity index (χ1) is 11.1. The maximum atomic E-state index is 12.2. The second-order valence-electron chi connectivity index (χ2n) is 4.80. The van der Waals surface area contributed by atoms with Crippen LogP contribution >= 0.6 is 11.6 Å². The Hall–Kier alpha value is -2.79. The van der Waals surface area contributed by atoms with E-state index in [0.717, 1.165) is 0 Å². The van der Waals surface area contributed by atoms with Crippen LogP contribution in [-0.4, -0.2) is 13.0 Å². The van der Waals surface area contributed by atoms with Crippen LogP contribution in [0.5, 0.6) is 5.75 Å². The number of halogens is 1. The third-order valence-electron chi connectivity index (χ3n) is 3.26. The highest BCUT2D eigenvalue weighted by Crippen LogP contribution is 2.20. The number of benzene rings is 2. The number of carbonyl (C=O) groups is 1. The summed E-state index contributed by atoms with van der Waals surface area (Å²) in [4.78, 5) is 24.3. The zero-order chi connectivity index (χ0) is 16.4. The monoisotopic (exact) mass is 329 g/mol. The third kappa shape index (κ3) is 3.19. The van der Waals surface area contributed by atoms with E-state index >= 15 is 0 Å². The number of rotatable bonds is 3. The highest BCUT2D eigenvalue weighted by atomic mass is 35.5. The number of anilines is 1. The quantitative estimate of drug-likeness (QED) is 0.795. The van der Waals surface area contributed by atoms with Gasteiger partial charge >= 0.3 is 0 Å². The number of carbonyl (C=O) groups excluding carboxylic acids is 1. The van der Waals surface area contributed by atoms with Crippen LogP contribution in [0, 0.1) is 0 Å². The zero-order valence-corrected chi connectivity index (χ0v) is 12.9. The fourth-order valence-electron chi connectivity index (χ4n) is 2.10. The summed E-state index contributed by atoms with van der Waals surface area (Å²) in [6.45, 7) is 0. The van der Waals surface area contributed by atoms with E-state index in [1.54, 1.807) is 42.5 Å². The van der Waals surface area contributed by atoms with E-state index in [-0.39, 0.29) is 16.8 Å². The van der Waals surface area contributed by atoms with Crippen molar-refractivity contribution in [3.05, 3.63) is 69.5 Å². The smallest absolute Gasteiger partial charge is 0.291 e. The topological polar surface area (TPSA) is 68.5 Å². The number of hydrogen-bond acceptors (Lipinski definition) is 4. The predicted molar refractivity (Wildman–Crippen MR) is 88.4 cm³/mol. The zero-order valence-electron chi connectivity index (χ0n) is 12.1. The van der Waals surface area contributed by atoms with Gasteiger partial charge in [0, 0.05) is 22.8 Å². The molecule has 2 aromatic carbocycles. The summed E-state index contributed by atoms with van der Waals surface area (Å²) in [7, 11) is 1.51.